The van der Waals surface area contributed by atoms with Crippen molar-refractivity contribution in [3.63, 3.8) is 0 Å². The van der Waals surface area contributed by atoms with E-state index in [4.69, 9.17) is 5.26 Å². The Morgan fingerprint density at radius 1 is 1.25 bits per heavy atom. The van der Waals surface area contributed by atoms with E-state index in [1.807, 2.05) is 17.9 Å². The molecule has 0 bridgehead atoms. The fourth-order valence-electron chi connectivity index (χ4n) is 2.36. The monoisotopic (exact) mass is 273 g/mol. The highest BCUT2D eigenvalue weighted by Gasteiger charge is 2.28. The van der Waals surface area contributed by atoms with E-state index in [0.717, 1.165) is 0 Å². The smallest absolute Gasteiger partial charge is 0.256 e. The van der Waals surface area contributed by atoms with Crippen LogP contribution in [0, 0.1) is 11.3 Å². The quantitative estimate of drug-likeness (QED) is 0.883. The highest BCUT2D eigenvalue weighted by Crippen LogP contribution is 2.17. The van der Waals surface area contributed by atoms with Crippen LogP contribution in [-0.4, -0.2) is 53.0 Å². The summed E-state index contributed by atoms with van der Waals surface area (Å²) in [6.07, 6.45) is -1.10. The third-order valence-corrected chi connectivity index (χ3v) is 3.71. The molecular formula is C15H19N3O2. The van der Waals surface area contributed by atoms with Gasteiger partial charge >= 0.3 is 0 Å². The van der Waals surface area contributed by atoms with Gasteiger partial charge in [-0.1, -0.05) is 30.3 Å². The molecule has 0 saturated carbocycles. The zero-order valence-electron chi connectivity index (χ0n) is 11.6. The van der Waals surface area contributed by atoms with Crippen LogP contribution >= 0.6 is 0 Å². The summed E-state index contributed by atoms with van der Waals surface area (Å²) >= 11 is 0. The van der Waals surface area contributed by atoms with Gasteiger partial charge in [-0.2, -0.15) is 5.26 Å². The molecule has 1 amide bonds. The lowest BCUT2D eigenvalue weighted by Gasteiger charge is -2.36. The predicted octanol–water partition coefficient (Wildman–Crippen LogP) is 0.776. The lowest BCUT2D eigenvalue weighted by atomic mass is 10.1. The van der Waals surface area contributed by atoms with E-state index < -0.39 is 6.10 Å². The normalized spacial score (nSPS) is 19.1. The Morgan fingerprint density at radius 3 is 2.40 bits per heavy atom. The Bertz CT molecular complexity index is 490. The molecule has 20 heavy (non-hydrogen) atoms. The van der Waals surface area contributed by atoms with E-state index in [1.54, 1.807) is 29.2 Å². The van der Waals surface area contributed by atoms with E-state index in [0.29, 0.717) is 31.7 Å². The zero-order valence-corrected chi connectivity index (χ0v) is 11.6. The molecule has 0 radical (unpaired) electrons. The molecule has 1 aliphatic heterocycles. The van der Waals surface area contributed by atoms with E-state index in [1.165, 1.54) is 0 Å². The van der Waals surface area contributed by atoms with Crippen LogP contribution in [0.4, 0.5) is 0 Å². The van der Waals surface area contributed by atoms with E-state index in [-0.39, 0.29) is 11.9 Å². The van der Waals surface area contributed by atoms with Gasteiger partial charge in [-0.15, -0.1) is 0 Å². The highest BCUT2D eigenvalue weighted by atomic mass is 16.3. The second kappa shape index (κ2) is 6.51. The maximum atomic E-state index is 12.2. The van der Waals surface area contributed by atoms with Crippen molar-refractivity contribution in [1.82, 2.24) is 9.80 Å². The topological polar surface area (TPSA) is 67.6 Å². The molecule has 1 heterocycles. The zero-order chi connectivity index (χ0) is 14.5. The average Bonchev–Trinajstić information content (AvgIpc) is 2.53. The first-order valence-corrected chi connectivity index (χ1v) is 6.79. The third-order valence-electron chi connectivity index (χ3n) is 3.71. The molecule has 1 fully saturated rings. The molecule has 0 aromatic heterocycles. The summed E-state index contributed by atoms with van der Waals surface area (Å²) in [5, 5.41) is 19.0. The number of aliphatic hydroxyl groups excluding tert-OH is 1. The molecule has 0 spiro atoms. The van der Waals surface area contributed by atoms with Gasteiger partial charge in [-0.25, -0.2) is 0 Å². The van der Waals surface area contributed by atoms with Crippen LogP contribution < -0.4 is 0 Å². The number of aliphatic hydroxyl groups is 1. The predicted molar refractivity (Wildman–Crippen MR) is 74.6 cm³/mol. The van der Waals surface area contributed by atoms with Gasteiger partial charge in [-0.3, -0.25) is 9.69 Å². The molecule has 1 N–H and O–H groups in total. The molecule has 5 nitrogen and oxygen atoms in total. The number of hydrogen-bond acceptors (Lipinski definition) is 4. The first kappa shape index (κ1) is 14.5. The van der Waals surface area contributed by atoms with Crippen LogP contribution in [0.1, 0.15) is 18.6 Å². The minimum atomic E-state index is -1.10. The molecule has 2 atom stereocenters. The van der Waals surface area contributed by atoms with Crippen molar-refractivity contribution in [3.8, 4) is 6.07 Å². The van der Waals surface area contributed by atoms with E-state index >= 15 is 0 Å². The number of piperazine rings is 1. The molecule has 1 aromatic carbocycles. The lowest BCUT2D eigenvalue weighted by molar-refractivity contribution is -0.142. The average molecular weight is 273 g/mol. The fourth-order valence-corrected chi connectivity index (χ4v) is 2.36. The molecule has 5 heteroatoms. The number of hydrogen-bond donors (Lipinski definition) is 1. The maximum Gasteiger partial charge on any atom is 0.256 e. The molecular weight excluding hydrogens is 254 g/mol. The minimum Gasteiger partial charge on any atom is -0.378 e. The van der Waals surface area contributed by atoms with Gasteiger partial charge in [0.2, 0.25) is 0 Å². The number of nitrogens with zero attached hydrogens (tertiary/aromatic N) is 3. The minimum absolute atomic E-state index is 0.133. The number of carbonyl (C=O) groups excluding carboxylic acids is 1. The third kappa shape index (κ3) is 3.16. The van der Waals surface area contributed by atoms with Gasteiger partial charge in [0.15, 0.2) is 6.10 Å². The summed E-state index contributed by atoms with van der Waals surface area (Å²) < 4.78 is 0. The first-order valence-electron chi connectivity index (χ1n) is 6.79. The van der Waals surface area contributed by atoms with Gasteiger partial charge in [0.25, 0.3) is 5.91 Å². The summed E-state index contributed by atoms with van der Waals surface area (Å²) in [4.78, 5) is 15.9. The number of carbonyl (C=O) groups is 1. The maximum absolute atomic E-state index is 12.2. The summed E-state index contributed by atoms with van der Waals surface area (Å²) in [6, 6.07) is 11.0. The van der Waals surface area contributed by atoms with Crippen molar-refractivity contribution < 1.29 is 9.90 Å². The van der Waals surface area contributed by atoms with Crippen molar-refractivity contribution in [2.45, 2.75) is 19.1 Å². The Hall–Kier alpha value is -1.90. The van der Waals surface area contributed by atoms with Crippen LogP contribution in [0.3, 0.4) is 0 Å². The molecule has 2 unspecified atom stereocenters. The van der Waals surface area contributed by atoms with Crippen LogP contribution in [0.25, 0.3) is 0 Å². The fraction of sp³-hybridized carbons (Fsp3) is 0.467. The summed E-state index contributed by atoms with van der Waals surface area (Å²) in [6.45, 7) is 4.30. The largest absolute Gasteiger partial charge is 0.378 e. The van der Waals surface area contributed by atoms with Crippen LogP contribution in [0.5, 0.6) is 0 Å². The van der Waals surface area contributed by atoms with E-state index in [9.17, 15) is 9.90 Å². The molecule has 1 saturated heterocycles. The second-order valence-electron chi connectivity index (χ2n) is 4.98. The second-order valence-corrected chi connectivity index (χ2v) is 4.98. The SMILES string of the molecule is CC(C#N)N1CCN(C(=O)C(O)c2ccccc2)CC1. The molecule has 1 aliphatic rings. The molecule has 0 aliphatic carbocycles. The standard InChI is InChI=1S/C15H19N3O2/c1-12(11-16)17-7-9-18(10-8-17)15(20)14(19)13-5-3-2-4-6-13/h2-6,12,14,19H,7-10H2,1H3. The molecule has 2 rings (SSSR count). The number of rotatable bonds is 3. The summed E-state index contributed by atoms with van der Waals surface area (Å²) in [5.41, 5.74) is 0.616. The number of nitriles is 1. The van der Waals surface area contributed by atoms with Gasteiger partial charge in [-0.05, 0) is 12.5 Å². The first-order chi connectivity index (χ1) is 9.63. The van der Waals surface area contributed by atoms with Gasteiger partial charge in [0, 0.05) is 26.2 Å². The highest BCUT2D eigenvalue weighted by molar-refractivity contribution is 5.82. The van der Waals surface area contributed by atoms with Crippen molar-refractivity contribution in [2.75, 3.05) is 26.2 Å². The Morgan fingerprint density at radius 2 is 1.85 bits per heavy atom. The molecule has 106 valence electrons. The van der Waals surface area contributed by atoms with Gasteiger partial charge in [0.05, 0.1) is 12.1 Å². The summed E-state index contributed by atoms with van der Waals surface area (Å²) in [7, 11) is 0. The van der Waals surface area contributed by atoms with Gasteiger partial charge < -0.3 is 10.0 Å². The van der Waals surface area contributed by atoms with Crippen molar-refractivity contribution in [2.24, 2.45) is 0 Å². The van der Waals surface area contributed by atoms with Crippen molar-refractivity contribution in [3.05, 3.63) is 35.9 Å². The van der Waals surface area contributed by atoms with Crippen LogP contribution in [-0.2, 0) is 4.79 Å². The molecule has 1 aromatic rings. The number of amides is 1. The van der Waals surface area contributed by atoms with Crippen LogP contribution in [0.2, 0.25) is 0 Å². The van der Waals surface area contributed by atoms with Crippen molar-refractivity contribution in [1.29, 1.82) is 5.26 Å². The Kier molecular flexibility index (Phi) is 4.72. The van der Waals surface area contributed by atoms with Crippen molar-refractivity contribution >= 4 is 5.91 Å². The Balaban J connectivity index is 1.94. The van der Waals surface area contributed by atoms with Gasteiger partial charge in [0.1, 0.15) is 0 Å². The summed E-state index contributed by atoms with van der Waals surface area (Å²) in [5.74, 6) is -0.263. The van der Waals surface area contributed by atoms with E-state index in [2.05, 4.69) is 6.07 Å². The lowest BCUT2D eigenvalue weighted by Crippen LogP contribution is -2.52. The Labute approximate surface area is 119 Å². The number of benzene rings is 1. The van der Waals surface area contributed by atoms with Crippen LogP contribution in [0.15, 0.2) is 30.3 Å².